The van der Waals surface area contributed by atoms with Crippen molar-refractivity contribution in [3.8, 4) is 17.4 Å². The number of imidazole rings is 1. The molecule has 4 rings (SSSR count). The van der Waals surface area contributed by atoms with E-state index in [9.17, 15) is 4.39 Å². The number of aryl methyl sites for hydroxylation is 1. The molecule has 10 heteroatoms. The Hall–Kier alpha value is -4.21. The number of halogens is 1. The first-order chi connectivity index (χ1) is 15.0. The van der Waals surface area contributed by atoms with Crippen molar-refractivity contribution >= 4 is 23.3 Å². The maximum absolute atomic E-state index is 13.1. The summed E-state index contributed by atoms with van der Waals surface area (Å²) in [4.78, 5) is 17.0. The van der Waals surface area contributed by atoms with Crippen molar-refractivity contribution < 1.29 is 13.9 Å². The van der Waals surface area contributed by atoms with E-state index in [1.54, 1.807) is 25.6 Å². The van der Waals surface area contributed by atoms with Gasteiger partial charge in [0.15, 0.2) is 0 Å². The number of methoxy groups -OCH3 is 2. The quantitative estimate of drug-likeness (QED) is 0.462. The topological polar surface area (TPSA) is 99.0 Å². The Morgan fingerprint density at radius 2 is 1.55 bits per heavy atom. The van der Waals surface area contributed by atoms with E-state index < -0.39 is 0 Å². The van der Waals surface area contributed by atoms with Gasteiger partial charge in [-0.3, -0.25) is 0 Å². The number of nitrogens with zero attached hydrogens (tertiary/aromatic N) is 5. The Morgan fingerprint density at radius 3 is 2.16 bits per heavy atom. The van der Waals surface area contributed by atoms with E-state index in [-0.39, 0.29) is 23.7 Å². The molecule has 0 radical (unpaired) electrons. The normalized spacial score (nSPS) is 10.6. The minimum absolute atomic E-state index is 0.125. The molecule has 4 aromatic rings. The van der Waals surface area contributed by atoms with E-state index in [4.69, 9.17) is 9.47 Å². The lowest BCUT2D eigenvalue weighted by Crippen LogP contribution is -2.06. The van der Waals surface area contributed by atoms with Crippen LogP contribution in [0.5, 0.6) is 11.8 Å². The van der Waals surface area contributed by atoms with Gasteiger partial charge in [-0.1, -0.05) is 0 Å². The lowest BCUT2D eigenvalue weighted by Gasteiger charge is -2.13. The molecule has 9 nitrogen and oxygen atoms in total. The number of hydrogen-bond donors (Lipinski definition) is 2. The fourth-order valence-electron chi connectivity index (χ4n) is 2.87. The highest BCUT2D eigenvalue weighted by Gasteiger charge is 2.11. The molecular weight excluding hydrogens is 401 g/mol. The smallest absolute Gasteiger partial charge is 0.322 e. The zero-order valence-electron chi connectivity index (χ0n) is 17.1. The zero-order valence-corrected chi connectivity index (χ0v) is 17.1. The van der Waals surface area contributed by atoms with Crippen LogP contribution in [0.1, 0.15) is 5.69 Å². The molecule has 2 aromatic carbocycles. The van der Waals surface area contributed by atoms with Crippen LogP contribution in [0.2, 0.25) is 0 Å². The molecule has 2 N–H and O–H groups in total. The molecule has 0 aliphatic rings. The molecule has 0 aliphatic heterocycles. The minimum Gasteiger partial charge on any atom is -0.494 e. The molecule has 158 valence electrons. The van der Waals surface area contributed by atoms with Crippen LogP contribution in [0.25, 0.3) is 5.69 Å². The van der Waals surface area contributed by atoms with Crippen LogP contribution in [0, 0.1) is 12.7 Å². The maximum atomic E-state index is 13.1. The van der Waals surface area contributed by atoms with Gasteiger partial charge in [0.2, 0.25) is 11.9 Å². The lowest BCUT2D eigenvalue weighted by molar-refractivity contribution is 0.380. The molecule has 2 aromatic heterocycles. The third-order valence-corrected chi connectivity index (χ3v) is 4.32. The van der Waals surface area contributed by atoms with Crippen LogP contribution >= 0.6 is 0 Å². The van der Waals surface area contributed by atoms with E-state index in [2.05, 4.69) is 30.6 Å². The van der Waals surface area contributed by atoms with Gasteiger partial charge < -0.3 is 24.7 Å². The van der Waals surface area contributed by atoms with Crippen LogP contribution in [0.15, 0.2) is 55.0 Å². The van der Waals surface area contributed by atoms with Crippen molar-refractivity contribution in [2.75, 3.05) is 24.9 Å². The lowest BCUT2D eigenvalue weighted by atomic mass is 10.2. The van der Waals surface area contributed by atoms with E-state index in [0.29, 0.717) is 17.1 Å². The standard InChI is InChI=1S/C21H20FN7O2/c1-13-11-29(12-23-13)17-9-8-16(10-18(17)30-2)25-20-26-19(27-21(28-20)31-3)24-15-6-4-14(22)5-7-15/h4-12H,1-3H3,(H2,24,25,26,27,28). The molecular formula is C21H20FN7O2. The van der Waals surface area contributed by atoms with E-state index >= 15 is 0 Å². The molecule has 2 heterocycles. The van der Waals surface area contributed by atoms with Crippen LogP contribution in [-0.2, 0) is 0 Å². The van der Waals surface area contributed by atoms with Gasteiger partial charge in [0, 0.05) is 23.6 Å². The third kappa shape index (κ3) is 4.69. The van der Waals surface area contributed by atoms with Gasteiger partial charge in [0.1, 0.15) is 11.6 Å². The average Bonchev–Trinajstić information content (AvgIpc) is 3.21. The molecule has 0 amide bonds. The van der Waals surface area contributed by atoms with Crippen molar-refractivity contribution in [2.45, 2.75) is 6.92 Å². The van der Waals surface area contributed by atoms with Crippen molar-refractivity contribution in [1.29, 1.82) is 0 Å². The molecule has 0 bridgehead atoms. The Balaban J connectivity index is 1.60. The summed E-state index contributed by atoms with van der Waals surface area (Å²) in [5.41, 5.74) is 3.09. The van der Waals surface area contributed by atoms with Gasteiger partial charge in [0.25, 0.3) is 0 Å². The van der Waals surface area contributed by atoms with Crippen molar-refractivity contribution in [3.05, 3.63) is 66.5 Å². The predicted molar refractivity (Wildman–Crippen MR) is 114 cm³/mol. The largest absolute Gasteiger partial charge is 0.494 e. The first-order valence-corrected chi connectivity index (χ1v) is 9.33. The van der Waals surface area contributed by atoms with Gasteiger partial charge in [-0.15, -0.1) is 0 Å². The molecule has 0 spiro atoms. The summed E-state index contributed by atoms with van der Waals surface area (Å²) < 4.78 is 25.7. The SMILES string of the molecule is COc1nc(Nc2ccc(F)cc2)nc(Nc2ccc(-n3cnc(C)c3)c(OC)c2)n1. The first-order valence-electron chi connectivity index (χ1n) is 9.33. The van der Waals surface area contributed by atoms with E-state index in [1.807, 2.05) is 35.9 Å². The summed E-state index contributed by atoms with van der Waals surface area (Å²) in [7, 11) is 3.06. The Labute approximate surface area is 177 Å². The Morgan fingerprint density at radius 1 is 0.871 bits per heavy atom. The molecule has 0 fully saturated rings. The highest BCUT2D eigenvalue weighted by Crippen LogP contribution is 2.28. The summed E-state index contributed by atoms with van der Waals surface area (Å²) >= 11 is 0. The van der Waals surface area contributed by atoms with Crippen LogP contribution in [0.3, 0.4) is 0 Å². The van der Waals surface area contributed by atoms with Crippen LogP contribution in [-0.4, -0.2) is 38.7 Å². The molecule has 0 atom stereocenters. The average molecular weight is 421 g/mol. The summed E-state index contributed by atoms with van der Waals surface area (Å²) in [5.74, 6) is 0.834. The molecule has 0 unspecified atom stereocenters. The number of nitrogens with one attached hydrogen (secondary N) is 2. The van der Waals surface area contributed by atoms with Gasteiger partial charge >= 0.3 is 6.01 Å². The van der Waals surface area contributed by atoms with E-state index in [1.165, 1.54) is 19.2 Å². The number of benzene rings is 2. The summed E-state index contributed by atoms with van der Waals surface area (Å²) in [5, 5.41) is 6.13. The zero-order chi connectivity index (χ0) is 21.8. The monoisotopic (exact) mass is 421 g/mol. The second-order valence-corrected chi connectivity index (χ2v) is 6.54. The molecule has 0 aliphatic carbocycles. The van der Waals surface area contributed by atoms with Crippen molar-refractivity contribution in [2.24, 2.45) is 0 Å². The highest BCUT2D eigenvalue weighted by molar-refractivity contribution is 5.63. The minimum atomic E-state index is -0.329. The van der Waals surface area contributed by atoms with Crippen LogP contribution < -0.4 is 20.1 Å². The number of anilines is 4. The number of ether oxygens (including phenoxy) is 2. The fourth-order valence-corrected chi connectivity index (χ4v) is 2.87. The third-order valence-electron chi connectivity index (χ3n) is 4.32. The summed E-state index contributed by atoms with van der Waals surface area (Å²) in [6.07, 6.45) is 3.64. The van der Waals surface area contributed by atoms with Gasteiger partial charge in [-0.25, -0.2) is 9.37 Å². The van der Waals surface area contributed by atoms with Gasteiger partial charge in [-0.05, 0) is 43.3 Å². The highest BCUT2D eigenvalue weighted by atomic mass is 19.1. The Bertz CT molecular complexity index is 1190. The van der Waals surface area contributed by atoms with E-state index in [0.717, 1.165) is 11.4 Å². The number of hydrogen-bond acceptors (Lipinski definition) is 8. The summed E-state index contributed by atoms with van der Waals surface area (Å²) in [6.45, 7) is 1.92. The second kappa shape index (κ2) is 8.66. The fraction of sp³-hybridized carbons (Fsp3) is 0.143. The molecule has 31 heavy (non-hydrogen) atoms. The van der Waals surface area contributed by atoms with Crippen LogP contribution in [0.4, 0.5) is 27.7 Å². The van der Waals surface area contributed by atoms with Crippen molar-refractivity contribution in [1.82, 2.24) is 24.5 Å². The number of aromatic nitrogens is 5. The maximum Gasteiger partial charge on any atom is 0.322 e. The second-order valence-electron chi connectivity index (χ2n) is 6.54. The summed E-state index contributed by atoms with van der Waals surface area (Å²) in [6, 6.07) is 11.6. The first kappa shape index (κ1) is 20.1. The number of rotatable bonds is 7. The molecule has 0 saturated heterocycles. The Kier molecular flexibility index (Phi) is 5.61. The molecule has 0 saturated carbocycles. The predicted octanol–water partition coefficient (Wildman–Crippen LogP) is 4.01. The van der Waals surface area contributed by atoms with Gasteiger partial charge in [0.05, 0.1) is 31.9 Å². The van der Waals surface area contributed by atoms with Crippen molar-refractivity contribution in [3.63, 3.8) is 0 Å². The van der Waals surface area contributed by atoms with Gasteiger partial charge in [-0.2, -0.15) is 15.0 Å².